The van der Waals surface area contributed by atoms with Gasteiger partial charge in [0.2, 0.25) is 0 Å². The second-order valence-electron chi connectivity index (χ2n) is 10.9. The topological polar surface area (TPSA) is 80.3 Å². The van der Waals surface area contributed by atoms with Crippen LogP contribution in [0.3, 0.4) is 0 Å². The van der Waals surface area contributed by atoms with E-state index < -0.39 is 5.92 Å². The van der Waals surface area contributed by atoms with Crippen LogP contribution in [0.15, 0.2) is 89.4 Å². The lowest BCUT2D eigenvalue weighted by molar-refractivity contribution is -0.117. The van der Waals surface area contributed by atoms with Crippen molar-refractivity contribution in [1.82, 2.24) is 0 Å². The van der Waals surface area contributed by atoms with E-state index in [-0.39, 0.29) is 18.2 Å². The van der Waals surface area contributed by atoms with Crippen molar-refractivity contribution in [3.05, 3.63) is 106 Å². The monoisotopic (exact) mass is 580 g/mol. The fourth-order valence-corrected chi connectivity index (χ4v) is 6.06. The first-order valence-corrected chi connectivity index (χ1v) is 15.0. The van der Waals surface area contributed by atoms with Gasteiger partial charge < -0.3 is 23.7 Å². The van der Waals surface area contributed by atoms with Gasteiger partial charge in [-0.1, -0.05) is 42.5 Å². The highest BCUT2D eigenvalue weighted by Crippen LogP contribution is 2.49. The summed E-state index contributed by atoms with van der Waals surface area (Å²) in [6.07, 6.45) is 3.89. The lowest BCUT2D eigenvalue weighted by atomic mass is 9.73. The summed E-state index contributed by atoms with van der Waals surface area (Å²) in [6, 6.07) is 21.4. The van der Waals surface area contributed by atoms with Gasteiger partial charge in [-0.2, -0.15) is 0 Å². The largest absolute Gasteiger partial charge is 0.493 e. The molecule has 0 bridgehead atoms. The lowest BCUT2D eigenvalue weighted by Gasteiger charge is -2.36. The second-order valence-corrected chi connectivity index (χ2v) is 10.9. The van der Waals surface area contributed by atoms with Crippen molar-refractivity contribution in [3.8, 4) is 23.0 Å². The molecular formula is C36H36O7. The molecule has 7 nitrogen and oxygen atoms in total. The van der Waals surface area contributed by atoms with Crippen LogP contribution < -0.4 is 18.9 Å². The van der Waals surface area contributed by atoms with E-state index in [2.05, 4.69) is 0 Å². The first-order chi connectivity index (χ1) is 21.1. The van der Waals surface area contributed by atoms with Crippen LogP contribution in [-0.2, 0) is 27.5 Å². The number of allylic oxidation sites excluding steroid dienone is 4. The van der Waals surface area contributed by atoms with Crippen molar-refractivity contribution >= 4 is 11.6 Å². The summed E-state index contributed by atoms with van der Waals surface area (Å²) >= 11 is 0. The number of hydrogen-bond donors (Lipinski definition) is 0. The molecule has 6 rings (SSSR count). The van der Waals surface area contributed by atoms with E-state index in [1.54, 1.807) is 7.11 Å². The number of methoxy groups -OCH3 is 1. The van der Waals surface area contributed by atoms with E-state index in [4.69, 9.17) is 23.7 Å². The normalized spacial score (nSPS) is 16.8. The molecule has 0 N–H and O–H groups in total. The molecule has 43 heavy (non-hydrogen) atoms. The minimum absolute atomic E-state index is 0.0552. The number of ether oxygens (including phenoxy) is 5. The smallest absolute Gasteiger partial charge is 0.163 e. The molecule has 0 atom stereocenters. The summed E-state index contributed by atoms with van der Waals surface area (Å²) in [5, 5.41) is 0. The standard InChI is InChI=1S/C36H36O7/c1-3-40-33-20-25(34-35-26(37)11-7-13-30(35)43-31-14-8-12-27(38)36(31)34)16-18-29(33)42-22-24-15-17-28(32(19-24)39-2)41-21-23-9-5-4-6-10-23/h4-6,9-10,15-20,34H,3,7-8,11-14,21-22H2,1-2H3. The van der Waals surface area contributed by atoms with Gasteiger partial charge in [-0.3, -0.25) is 9.59 Å². The van der Waals surface area contributed by atoms with Gasteiger partial charge in [-0.25, -0.2) is 0 Å². The molecule has 1 aliphatic heterocycles. The molecule has 0 radical (unpaired) electrons. The van der Waals surface area contributed by atoms with E-state index in [0.717, 1.165) is 41.1 Å². The zero-order chi connectivity index (χ0) is 29.8. The molecule has 3 aliphatic rings. The predicted octanol–water partition coefficient (Wildman–Crippen LogP) is 7.38. The number of benzene rings is 3. The van der Waals surface area contributed by atoms with Crippen LogP contribution in [0.25, 0.3) is 0 Å². The Morgan fingerprint density at radius 2 is 1.30 bits per heavy atom. The Kier molecular flexibility index (Phi) is 8.50. The highest BCUT2D eigenvalue weighted by atomic mass is 16.5. The fourth-order valence-electron chi connectivity index (χ4n) is 6.06. The molecule has 2 aliphatic carbocycles. The van der Waals surface area contributed by atoms with Crippen molar-refractivity contribution in [2.45, 2.75) is 64.6 Å². The first-order valence-electron chi connectivity index (χ1n) is 15.0. The minimum Gasteiger partial charge on any atom is -0.493 e. The van der Waals surface area contributed by atoms with E-state index >= 15 is 0 Å². The maximum Gasteiger partial charge on any atom is 0.163 e. The molecule has 0 aromatic heterocycles. The summed E-state index contributed by atoms with van der Waals surface area (Å²) in [4.78, 5) is 26.3. The van der Waals surface area contributed by atoms with E-state index in [9.17, 15) is 9.59 Å². The maximum atomic E-state index is 13.2. The first kappa shape index (κ1) is 28.6. The second kappa shape index (κ2) is 12.8. The van der Waals surface area contributed by atoms with Gasteiger partial charge in [-0.05, 0) is 60.7 Å². The number of ketones is 2. The molecule has 3 aromatic rings. The average molecular weight is 581 g/mol. The Hall–Kier alpha value is -4.52. The molecular weight excluding hydrogens is 544 g/mol. The molecule has 1 heterocycles. The van der Waals surface area contributed by atoms with Crippen molar-refractivity contribution in [3.63, 3.8) is 0 Å². The number of carbonyl (C=O) groups excluding carboxylic acids is 2. The zero-order valence-corrected chi connectivity index (χ0v) is 24.6. The number of Topliss-reactive ketones (excluding diaryl/α,β-unsaturated/α-hetero) is 2. The summed E-state index contributed by atoms with van der Waals surface area (Å²) in [5.41, 5.74) is 4.07. The zero-order valence-electron chi connectivity index (χ0n) is 24.6. The van der Waals surface area contributed by atoms with E-state index in [1.807, 2.05) is 73.7 Å². The average Bonchev–Trinajstić information content (AvgIpc) is 3.03. The van der Waals surface area contributed by atoms with Gasteiger partial charge in [0.1, 0.15) is 24.7 Å². The van der Waals surface area contributed by atoms with Gasteiger partial charge in [0.15, 0.2) is 34.6 Å². The molecule has 0 spiro atoms. The van der Waals surface area contributed by atoms with Crippen molar-refractivity contribution in [2.75, 3.05) is 13.7 Å². The van der Waals surface area contributed by atoms with Gasteiger partial charge in [0.25, 0.3) is 0 Å². The third-order valence-electron chi connectivity index (χ3n) is 8.10. The molecule has 0 unspecified atom stereocenters. The van der Waals surface area contributed by atoms with E-state index in [1.165, 1.54) is 0 Å². The quantitative estimate of drug-likeness (QED) is 0.248. The van der Waals surface area contributed by atoms with E-state index in [0.29, 0.717) is 73.0 Å². The summed E-state index contributed by atoms with van der Waals surface area (Å²) in [7, 11) is 1.62. The third kappa shape index (κ3) is 6.03. The predicted molar refractivity (Wildman–Crippen MR) is 161 cm³/mol. The minimum atomic E-state index is -0.444. The van der Waals surface area contributed by atoms with Crippen LogP contribution in [0.4, 0.5) is 0 Å². The molecule has 3 aromatic carbocycles. The van der Waals surface area contributed by atoms with Gasteiger partial charge >= 0.3 is 0 Å². The molecule has 0 fully saturated rings. The van der Waals surface area contributed by atoms with Gasteiger partial charge in [-0.15, -0.1) is 0 Å². The Labute approximate surface area is 252 Å². The van der Waals surface area contributed by atoms with Crippen LogP contribution >= 0.6 is 0 Å². The number of rotatable bonds is 10. The molecule has 0 saturated carbocycles. The molecule has 7 heteroatoms. The van der Waals surface area contributed by atoms with Crippen molar-refractivity contribution in [2.24, 2.45) is 0 Å². The fraction of sp³-hybridized carbons (Fsp3) is 0.333. The Bertz CT molecular complexity index is 1540. The SMILES string of the molecule is CCOc1cc(C2C3=C(CCCC3=O)OC3=C2C(=O)CCC3)ccc1OCc1ccc(OCc2ccccc2)c(OC)c1. The highest BCUT2D eigenvalue weighted by Gasteiger charge is 2.42. The molecule has 222 valence electrons. The van der Waals surface area contributed by atoms with Crippen molar-refractivity contribution < 1.29 is 33.3 Å². The van der Waals surface area contributed by atoms with Crippen LogP contribution in [0.2, 0.25) is 0 Å². The third-order valence-corrected chi connectivity index (χ3v) is 8.10. The maximum absolute atomic E-state index is 13.2. The number of carbonyl (C=O) groups is 2. The van der Waals surface area contributed by atoms with Crippen LogP contribution in [0.1, 0.15) is 68.1 Å². The molecule has 0 amide bonds. The van der Waals surface area contributed by atoms with Crippen molar-refractivity contribution in [1.29, 1.82) is 0 Å². The lowest BCUT2D eigenvalue weighted by Crippen LogP contribution is -2.30. The summed E-state index contributed by atoms with van der Waals surface area (Å²) in [5.74, 6) is 3.53. The summed E-state index contributed by atoms with van der Waals surface area (Å²) < 4.78 is 30.0. The van der Waals surface area contributed by atoms with Crippen LogP contribution in [0.5, 0.6) is 23.0 Å². The molecule has 0 saturated heterocycles. The number of hydrogen-bond acceptors (Lipinski definition) is 7. The van der Waals surface area contributed by atoms with Gasteiger partial charge in [0.05, 0.1) is 13.7 Å². The Balaban J connectivity index is 1.24. The summed E-state index contributed by atoms with van der Waals surface area (Å²) in [6.45, 7) is 3.08. The Morgan fingerprint density at radius 1 is 0.674 bits per heavy atom. The van der Waals surface area contributed by atoms with Gasteiger partial charge in [0, 0.05) is 42.7 Å². The Morgan fingerprint density at radius 3 is 1.95 bits per heavy atom. The van der Waals surface area contributed by atoms with Crippen LogP contribution in [-0.4, -0.2) is 25.3 Å². The van der Waals surface area contributed by atoms with Crippen LogP contribution in [0, 0.1) is 0 Å². The highest BCUT2D eigenvalue weighted by molar-refractivity contribution is 6.05.